The average Bonchev–Trinajstić information content (AvgIpc) is 2.65. The molecule has 3 N–H and O–H groups in total. The Balaban J connectivity index is 2.30. The summed E-state index contributed by atoms with van der Waals surface area (Å²) in [4.78, 5) is 12.3. The van der Waals surface area contributed by atoms with E-state index in [2.05, 4.69) is 20.3 Å². The van der Waals surface area contributed by atoms with Crippen molar-refractivity contribution >= 4 is 5.95 Å². The fourth-order valence-corrected chi connectivity index (χ4v) is 2.96. The molecule has 0 saturated heterocycles. The van der Waals surface area contributed by atoms with Crippen LogP contribution in [0.5, 0.6) is 0 Å². The average molecular weight is 387 g/mol. The lowest BCUT2D eigenvalue weighted by atomic mass is 9.96. The van der Waals surface area contributed by atoms with E-state index in [0.717, 1.165) is 11.6 Å². The quantitative estimate of drug-likeness (QED) is 0.685. The molecule has 0 unspecified atom stereocenters. The van der Waals surface area contributed by atoms with E-state index in [1.807, 2.05) is 37.3 Å². The van der Waals surface area contributed by atoms with Crippen LogP contribution in [0.2, 0.25) is 0 Å². The number of rotatable bonds is 5. The predicted molar refractivity (Wildman–Crippen MR) is 102 cm³/mol. The van der Waals surface area contributed by atoms with Crippen molar-refractivity contribution in [3.05, 3.63) is 59.5 Å². The van der Waals surface area contributed by atoms with E-state index in [4.69, 9.17) is 5.73 Å². The SMILES string of the molecule is CCNCc1nc(N)nc(-c2ccccc2)c1-c1cc(C)nc(C(F)(F)F)c1. The second-order valence-electron chi connectivity index (χ2n) is 6.28. The number of hydrogen-bond donors (Lipinski definition) is 2. The summed E-state index contributed by atoms with van der Waals surface area (Å²) < 4.78 is 40.0. The molecule has 0 aliphatic rings. The Hall–Kier alpha value is -3.00. The van der Waals surface area contributed by atoms with Crippen LogP contribution in [-0.4, -0.2) is 21.5 Å². The van der Waals surface area contributed by atoms with Gasteiger partial charge in [-0.15, -0.1) is 0 Å². The highest BCUT2D eigenvalue weighted by Gasteiger charge is 2.33. The maximum Gasteiger partial charge on any atom is 0.433 e. The first-order valence-corrected chi connectivity index (χ1v) is 8.78. The summed E-state index contributed by atoms with van der Waals surface area (Å²) >= 11 is 0. The summed E-state index contributed by atoms with van der Waals surface area (Å²) in [6.45, 7) is 4.48. The maximum atomic E-state index is 13.3. The molecule has 8 heteroatoms. The fraction of sp³-hybridized carbons (Fsp3) is 0.250. The number of benzene rings is 1. The van der Waals surface area contributed by atoms with Gasteiger partial charge in [0, 0.05) is 23.4 Å². The van der Waals surface area contributed by atoms with Crippen LogP contribution in [0, 0.1) is 6.92 Å². The first kappa shape index (κ1) is 19.8. The number of nitrogen functional groups attached to an aromatic ring is 1. The van der Waals surface area contributed by atoms with Crippen LogP contribution >= 0.6 is 0 Å². The van der Waals surface area contributed by atoms with E-state index < -0.39 is 11.9 Å². The Labute approximate surface area is 160 Å². The minimum Gasteiger partial charge on any atom is -0.368 e. The van der Waals surface area contributed by atoms with E-state index in [1.165, 1.54) is 6.92 Å². The second-order valence-corrected chi connectivity index (χ2v) is 6.28. The summed E-state index contributed by atoms with van der Waals surface area (Å²) in [7, 11) is 0. The minimum absolute atomic E-state index is 0.0670. The van der Waals surface area contributed by atoms with Gasteiger partial charge in [0.2, 0.25) is 5.95 Å². The topological polar surface area (TPSA) is 76.7 Å². The number of anilines is 1. The molecule has 3 rings (SSSR count). The van der Waals surface area contributed by atoms with Gasteiger partial charge in [-0.1, -0.05) is 37.3 Å². The van der Waals surface area contributed by atoms with Crippen molar-refractivity contribution in [2.24, 2.45) is 0 Å². The third-order valence-corrected chi connectivity index (χ3v) is 4.12. The van der Waals surface area contributed by atoms with Gasteiger partial charge >= 0.3 is 6.18 Å². The molecule has 0 radical (unpaired) electrons. The van der Waals surface area contributed by atoms with E-state index in [0.29, 0.717) is 35.6 Å². The fourth-order valence-electron chi connectivity index (χ4n) is 2.96. The molecule has 0 spiro atoms. The standard InChI is InChI=1S/C20H20F3N5/c1-3-25-11-15-17(14-9-12(2)26-16(10-14)20(21,22)23)18(28-19(24)27-15)13-7-5-4-6-8-13/h4-10,25H,3,11H2,1-2H3,(H2,24,27,28). The van der Waals surface area contributed by atoms with Crippen molar-refractivity contribution in [1.29, 1.82) is 0 Å². The molecule has 0 atom stereocenters. The number of nitrogens with one attached hydrogen (secondary N) is 1. The Kier molecular flexibility index (Phi) is 5.60. The molecule has 0 saturated carbocycles. The summed E-state index contributed by atoms with van der Waals surface area (Å²) in [5.74, 6) is 0.0670. The molecule has 146 valence electrons. The minimum atomic E-state index is -4.55. The van der Waals surface area contributed by atoms with Crippen LogP contribution in [0.25, 0.3) is 22.4 Å². The number of alkyl halides is 3. The summed E-state index contributed by atoms with van der Waals surface area (Å²) in [6.07, 6.45) is -4.55. The van der Waals surface area contributed by atoms with Gasteiger partial charge < -0.3 is 11.1 Å². The van der Waals surface area contributed by atoms with Crippen molar-refractivity contribution in [2.45, 2.75) is 26.6 Å². The lowest BCUT2D eigenvalue weighted by molar-refractivity contribution is -0.141. The highest BCUT2D eigenvalue weighted by atomic mass is 19.4. The zero-order valence-corrected chi connectivity index (χ0v) is 15.5. The Morgan fingerprint density at radius 2 is 1.71 bits per heavy atom. The third kappa shape index (κ3) is 4.28. The lowest BCUT2D eigenvalue weighted by Gasteiger charge is -2.17. The smallest absolute Gasteiger partial charge is 0.368 e. The molecule has 2 aromatic heterocycles. The third-order valence-electron chi connectivity index (χ3n) is 4.12. The van der Waals surface area contributed by atoms with Crippen molar-refractivity contribution in [3.63, 3.8) is 0 Å². The lowest BCUT2D eigenvalue weighted by Crippen LogP contribution is -2.16. The van der Waals surface area contributed by atoms with Crippen LogP contribution in [0.3, 0.4) is 0 Å². The number of halogens is 3. The van der Waals surface area contributed by atoms with E-state index in [-0.39, 0.29) is 11.6 Å². The van der Waals surface area contributed by atoms with E-state index in [1.54, 1.807) is 6.07 Å². The Bertz CT molecular complexity index is 972. The number of aromatic nitrogens is 3. The molecule has 2 heterocycles. The molecular formula is C20H20F3N5. The van der Waals surface area contributed by atoms with Gasteiger partial charge in [0.15, 0.2) is 0 Å². The highest BCUT2D eigenvalue weighted by Crippen LogP contribution is 2.37. The highest BCUT2D eigenvalue weighted by molar-refractivity contribution is 5.83. The molecule has 3 aromatic rings. The molecule has 0 aliphatic carbocycles. The zero-order valence-electron chi connectivity index (χ0n) is 15.5. The zero-order chi connectivity index (χ0) is 20.3. The van der Waals surface area contributed by atoms with Crippen molar-refractivity contribution in [1.82, 2.24) is 20.3 Å². The van der Waals surface area contributed by atoms with Gasteiger partial charge in [0.25, 0.3) is 0 Å². The number of hydrogen-bond acceptors (Lipinski definition) is 5. The molecule has 0 aliphatic heterocycles. The summed E-state index contributed by atoms with van der Waals surface area (Å²) in [5, 5.41) is 3.16. The number of nitrogens with zero attached hydrogens (tertiary/aromatic N) is 3. The predicted octanol–water partition coefficient (Wildman–Crippen LogP) is 4.22. The van der Waals surface area contributed by atoms with Gasteiger partial charge in [-0.2, -0.15) is 13.2 Å². The van der Waals surface area contributed by atoms with Gasteiger partial charge in [-0.05, 0) is 31.2 Å². The molecule has 0 fully saturated rings. The second kappa shape index (κ2) is 7.93. The first-order chi connectivity index (χ1) is 13.3. The van der Waals surface area contributed by atoms with Crippen LogP contribution < -0.4 is 11.1 Å². The van der Waals surface area contributed by atoms with Crippen LogP contribution in [0.4, 0.5) is 19.1 Å². The van der Waals surface area contributed by atoms with E-state index >= 15 is 0 Å². The number of aryl methyl sites for hydroxylation is 1. The van der Waals surface area contributed by atoms with Gasteiger partial charge in [0.1, 0.15) is 5.69 Å². The molecular weight excluding hydrogens is 367 g/mol. The van der Waals surface area contributed by atoms with Gasteiger partial charge in [-0.3, -0.25) is 0 Å². The normalized spacial score (nSPS) is 11.6. The summed E-state index contributed by atoms with van der Waals surface area (Å²) in [5.41, 5.74) is 7.84. The Morgan fingerprint density at radius 3 is 2.36 bits per heavy atom. The first-order valence-electron chi connectivity index (χ1n) is 8.78. The van der Waals surface area contributed by atoms with Gasteiger partial charge in [-0.25, -0.2) is 15.0 Å². The monoisotopic (exact) mass is 387 g/mol. The Morgan fingerprint density at radius 1 is 1.00 bits per heavy atom. The van der Waals surface area contributed by atoms with Crippen molar-refractivity contribution in [3.8, 4) is 22.4 Å². The van der Waals surface area contributed by atoms with Crippen LogP contribution in [-0.2, 0) is 12.7 Å². The van der Waals surface area contributed by atoms with Gasteiger partial charge in [0.05, 0.1) is 11.4 Å². The van der Waals surface area contributed by atoms with E-state index in [9.17, 15) is 13.2 Å². The molecule has 0 bridgehead atoms. The largest absolute Gasteiger partial charge is 0.433 e. The number of pyridine rings is 1. The molecule has 1 aromatic carbocycles. The number of nitrogens with two attached hydrogens (primary N) is 1. The van der Waals surface area contributed by atoms with Crippen molar-refractivity contribution in [2.75, 3.05) is 12.3 Å². The molecule has 28 heavy (non-hydrogen) atoms. The van der Waals surface area contributed by atoms with Crippen LogP contribution in [0.1, 0.15) is 24.0 Å². The van der Waals surface area contributed by atoms with Crippen LogP contribution in [0.15, 0.2) is 42.5 Å². The summed E-state index contributed by atoms with van der Waals surface area (Å²) in [6, 6.07) is 11.8. The molecule has 5 nitrogen and oxygen atoms in total. The molecule has 0 amide bonds. The van der Waals surface area contributed by atoms with Crippen molar-refractivity contribution < 1.29 is 13.2 Å². The maximum absolute atomic E-state index is 13.3.